The number of pyridine rings is 1. The van der Waals surface area contributed by atoms with E-state index in [1.165, 1.54) is 0 Å². The van der Waals surface area contributed by atoms with Gasteiger partial charge in [0, 0.05) is 25.4 Å². The van der Waals surface area contributed by atoms with Crippen molar-refractivity contribution < 1.29 is 208 Å². The summed E-state index contributed by atoms with van der Waals surface area (Å²) in [6.45, 7) is -6.06. The van der Waals surface area contributed by atoms with Crippen LogP contribution in [-0.4, -0.2) is 432 Å². The minimum absolute atomic E-state index is 0.215. The summed E-state index contributed by atoms with van der Waals surface area (Å²) in [5.74, 6) is -1.05. The molecule has 0 spiro atoms. The molecule has 0 radical (unpaired) electrons. The van der Waals surface area contributed by atoms with Gasteiger partial charge in [-0.2, -0.15) is 0 Å². The van der Waals surface area contributed by atoms with Crippen molar-refractivity contribution in [1.29, 1.82) is 0 Å². The third-order valence-corrected chi connectivity index (χ3v) is 20.0. The molecule has 24 N–H and O–H groups in total. The lowest BCUT2D eigenvalue weighted by molar-refractivity contribution is -0.396. The number of carbonyl (C=O) groups is 4. The van der Waals surface area contributed by atoms with Gasteiger partial charge in [-0.3, -0.25) is 14.9 Å². The fraction of sp³-hybridized carbons (Fsp3) is 0.734. The van der Waals surface area contributed by atoms with E-state index in [1.54, 1.807) is 6.20 Å². The molecule has 22 aliphatic heterocycles. The van der Waals surface area contributed by atoms with Gasteiger partial charge in [0.2, 0.25) is 5.91 Å². The zero-order valence-corrected chi connectivity index (χ0v) is 58.8. The second-order valence-corrected chi connectivity index (χ2v) is 27.5. The summed E-state index contributed by atoms with van der Waals surface area (Å²) >= 11 is 1.05. The standard InChI is InChI=1S/C42H70O35.C18H19N3O3S.C4H4O4/c43-1-8-29-15(50)22(57)36(64-8)72-30-9(2-44)66-38(24(59)17(30)52)74-32-11(4-46)68-40(26(61)19(32)54)76-34-13(6-48)70-42(28(63)21(34)56)77-35-14(7-49)69-41(27(62)20(35)55)75-33-12(5-47)67-39(25(60)18(33)53)73-31-10(3-45)65-37(71-29)23(58)16(31)51;1-21(16-4-2-3-9-19-16)10-11-24-14-7-5-13(6-8-14)12-15-17(22)20-18(23)25-15;5-3(6)1-2-4(7)8/h8-63H,1-7H2;2-9,15H,10-12H2,1H3,(H,20,22,23);1-2H,(H,5,6)(H,7,8)/b;;2-1-/t8-,9-,10-,11-,12-,13-,14-,15-,16-,17-,18-,19-,20-,21-,22-,23-,24-,25-,26-,27-,28-,29-,30-,31-,32-,33-,34-,35-,36-,37-,38-,39-,40-,41-,42-;;/m1../s1. The Morgan fingerprint density at radius 2 is 0.691 bits per heavy atom. The van der Waals surface area contributed by atoms with Crippen LogP contribution in [0.2, 0.25) is 0 Å². The Morgan fingerprint density at radius 1 is 0.418 bits per heavy atom. The highest BCUT2D eigenvalue weighted by Gasteiger charge is 2.60. The molecular formula is C64H93N3O42S. The number of carboxylic acids is 2. The zero-order chi connectivity index (χ0) is 80.3. The number of amides is 2. The smallest absolute Gasteiger partial charge is 0.328 e. The number of rotatable bonds is 16. The van der Waals surface area contributed by atoms with E-state index in [4.69, 9.17) is 81.3 Å². The summed E-state index contributed by atoms with van der Waals surface area (Å²) in [4.78, 5) is 48.2. The van der Waals surface area contributed by atoms with Crippen molar-refractivity contribution in [3.63, 3.8) is 0 Å². The van der Waals surface area contributed by atoms with Crippen molar-refractivity contribution in [2.75, 3.05) is 71.3 Å². The molecule has 2 aromatic rings. The molecule has 22 saturated heterocycles. The van der Waals surface area contributed by atoms with E-state index < -0.39 is 273 Å². The van der Waals surface area contributed by atoms with E-state index in [0.29, 0.717) is 25.2 Å². The number of carbonyl (C=O) groups excluding carboxylic acids is 2. The van der Waals surface area contributed by atoms with Gasteiger partial charge in [-0.05, 0) is 36.2 Å². The van der Waals surface area contributed by atoms with Crippen LogP contribution in [0.5, 0.6) is 5.75 Å². The molecule has 1 unspecified atom stereocenters. The molecule has 23 heterocycles. The van der Waals surface area contributed by atoms with Gasteiger partial charge in [0.05, 0.1) is 58.0 Å². The van der Waals surface area contributed by atoms with Crippen molar-refractivity contribution in [3.8, 4) is 5.75 Å². The summed E-state index contributed by atoms with van der Waals surface area (Å²) in [7, 11) is 1.97. The first-order chi connectivity index (χ1) is 52.4. The Hall–Kier alpha value is -5.26. The number of benzene rings is 1. The summed E-state index contributed by atoms with van der Waals surface area (Å²) in [5, 5.41) is 248. The number of aliphatic carboxylic acids is 2. The predicted molar refractivity (Wildman–Crippen MR) is 351 cm³/mol. The van der Waals surface area contributed by atoms with Crippen molar-refractivity contribution in [3.05, 3.63) is 66.4 Å². The SMILES string of the molecule is CN(CCOc1ccc(CC2SC(=O)NC2=O)cc1)c1ccccn1.O=C(O)/C=C\C(=O)O.OC[C@H]1O[C@@H]2O[C@H]3[C@H](O)[C@@H](O)[C@@H](O[C@H]4[C@H](O)[C@@H](O)[C@@H](O[C@H]5[C@H](O)[C@@H](O)[C@@H](O[C@H]6[C@H](O)[C@@H](O)[C@@H](O[C@H]7[C@H](O)[C@@H](O)[C@@H](O[C@H]8[C@H](O)[C@@H](O)[C@@H](O[C@H]1[C@H](O)[C@H]2O)O[C@@H]8CO)O[C@@H]7CO)O[C@@H]6CO)O[C@@H]5CO)O[C@@H]4CO)O[C@@H]3CO. The monoisotopic (exact) mass is 1610 g/mol. The van der Waals surface area contributed by atoms with Gasteiger partial charge in [-0.25, -0.2) is 14.6 Å². The summed E-state index contributed by atoms with van der Waals surface area (Å²) in [6.07, 6.45) is -66.8. The number of anilines is 1. The number of hydrogen-bond donors (Lipinski definition) is 24. The Bertz CT molecular complexity index is 2860. The molecule has 46 heteroatoms. The minimum Gasteiger partial charge on any atom is -0.492 e. The molecule has 110 heavy (non-hydrogen) atoms. The molecule has 14 bridgehead atoms. The van der Waals surface area contributed by atoms with Crippen LogP contribution in [0.4, 0.5) is 10.6 Å². The number of carboxylic acid groups (broad SMARTS) is 2. The predicted octanol–water partition coefficient (Wildman–Crippen LogP) is -13.0. The number of ether oxygens (including phenoxy) is 15. The van der Waals surface area contributed by atoms with Crippen LogP contribution in [-0.2, 0) is 87.1 Å². The zero-order valence-electron chi connectivity index (χ0n) is 58.0. The van der Waals surface area contributed by atoms with E-state index in [0.717, 1.165) is 35.4 Å². The molecule has 1 aromatic heterocycles. The molecule has 0 aliphatic carbocycles. The number of aliphatic hydroxyl groups excluding tert-OH is 21. The fourth-order valence-electron chi connectivity index (χ4n) is 13.0. The molecule has 0 saturated carbocycles. The lowest BCUT2D eigenvalue weighted by atomic mass is 9.95. The Balaban J connectivity index is 0.000000346. The van der Waals surface area contributed by atoms with Crippen LogP contribution in [0.25, 0.3) is 0 Å². The number of hydrogen-bond acceptors (Lipinski definition) is 43. The molecule has 45 nitrogen and oxygen atoms in total. The maximum Gasteiger partial charge on any atom is 0.328 e. The maximum atomic E-state index is 11.6. The van der Waals surface area contributed by atoms with E-state index >= 15 is 0 Å². The van der Waals surface area contributed by atoms with Crippen LogP contribution in [0.3, 0.4) is 0 Å². The summed E-state index contributed by atoms with van der Waals surface area (Å²) in [5.41, 5.74) is 1.00. The average Bonchev–Trinajstić information content (AvgIpc) is 0.813. The van der Waals surface area contributed by atoms with Gasteiger partial charge >= 0.3 is 11.9 Å². The van der Waals surface area contributed by atoms with E-state index in [2.05, 4.69) is 10.3 Å². The highest BCUT2D eigenvalue weighted by atomic mass is 32.2. The molecule has 36 atom stereocenters. The quantitative estimate of drug-likeness (QED) is 0.0694. The molecule has 1 aromatic carbocycles. The molecular weight excluding hydrogens is 1510 g/mol. The molecule has 22 aliphatic rings. The molecule has 24 rings (SSSR count). The van der Waals surface area contributed by atoms with Crippen LogP contribution in [0.1, 0.15) is 5.56 Å². The summed E-state index contributed by atoms with van der Waals surface area (Å²) < 4.78 is 85.2. The highest BCUT2D eigenvalue weighted by molar-refractivity contribution is 8.15. The lowest BCUT2D eigenvalue weighted by Crippen LogP contribution is -2.68. The fourth-order valence-corrected chi connectivity index (χ4v) is 13.9. The molecule has 622 valence electrons. The molecule has 22 fully saturated rings. The first kappa shape index (κ1) is 88.7. The number of nitrogens with one attached hydrogen (secondary N) is 1. The van der Waals surface area contributed by atoms with Gasteiger partial charge in [-0.1, -0.05) is 30.0 Å². The van der Waals surface area contributed by atoms with Crippen LogP contribution in [0.15, 0.2) is 60.8 Å². The van der Waals surface area contributed by atoms with Crippen molar-refractivity contribution in [2.24, 2.45) is 0 Å². The minimum atomic E-state index is -2.21. The summed E-state index contributed by atoms with van der Waals surface area (Å²) in [6, 6.07) is 13.4. The van der Waals surface area contributed by atoms with Crippen molar-refractivity contribution >= 4 is 40.7 Å². The van der Waals surface area contributed by atoms with Gasteiger partial charge in [0.25, 0.3) is 5.24 Å². The van der Waals surface area contributed by atoms with E-state index in [1.807, 2.05) is 54.4 Å². The number of aromatic nitrogens is 1. The maximum absolute atomic E-state index is 11.6. The van der Waals surface area contributed by atoms with E-state index in [-0.39, 0.29) is 16.4 Å². The van der Waals surface area contributed by atoms with E-state index in [9.17, 15) is 126 Å². The average molecular weight is 1610 g/mol. The number of likely N-dealkylation sites (N-methyl/N-ethyl adjacent to an activating group) is 1. The largest absolute Gasteiger partial charge is 0.492 e. The van der Waals surface area contributed by atoms with Crippen molar-refractivity contribution in [2.45, 2.75) is 227 Å². The second kappa shape index (κ2) is 40.3. The van der Waals surface area contributed by atoms with Gasteiger partial charge < -0.3 is 193 Å². The number of nitrogens with zero attached hydrogens (tertiary/aromatic N) is 2. The normalized spacial score (nSPS) is 43.2. The van der Waals surface area contributed by atoms with Crippen molar-refractivity contribution in [1.82, 2.24) is 10.3 Å². The number of thioether (sulfide) groups is 1. The highest BCUT2D eigenvalue weighted by Crippen LogP contribution is 2.39. The van der Waals surface area contributed by atoms with Gasteiger partial charge in [0.15, 0.2) is 44.0 Å². The molecule has 2 amide bonds. The number of imide groups is 1. The van der Waals surface area contributed by atoms with Gasteiger partial charge in [0.1, 0.15) is 189 Å². The number of aliphatic hydroxyl groups is 21. The Kier molecular flexibility index (Phi) is 32.5. The second-order valence-electron chi connectivity index (χ2n) is 26.4. The first-order valence-electron chi connectivity index (χ1n) is 34.4. The van der Waals surface area contributed by atoms with Crippen LogP contribution >= 0.6 is 11.8 Å². The Labute approximate surface area is 626 Å². The van der Waals surface area contributed by atoms with Crippen LogP contribution < -0.4 is 15.0 Å². The third-order valence-electron chi connectivity index (χ3n) is 19.0. The first-order valence-corrected chi connectivity index (χ1v) is 35.2. The Morgan fingerprint density at radius 3 is 0.909 bits per heavy atom. The van der Waals surface area contributed by atoms with Gasteiger partial charge in [-0.15, -0.1) is 0 Å². The lowest BCUT2D eigenvalue weighted by Gasteiger charge is -2.50. The van der Waals surface area contributed by atoms with Crippen LogP contribution in [0, 0.1) is 0 Å². The third kappa shape index (κ3) is 20.9. The topological polar surface area (TPSA) is 700 Å².